The van der Waals surface area contributed by atoms with E-state index in [1.54, 1.807) is 6.20 Å². The Labute approximate surface area is 100.0 Å². The molecule has 1 fully saturated rings. The van der Waals surface area contributed by atoms with Crippen LogP contribution >= 0.6 is 11.6 Å². The number of rotatable bonds is 4. The van der Waals surface area contributed by atoms with Crippen LogP contribution in [-0.4, -0.2) is 39.5 Å². The molecule has 1 amide bonds. The van der Waals surface area contributed by atoms with Crippen molar-refractivity contribution in [2.75, 3.05) is 12.4 Å². The third kappa shape index (κ3) is 2.07. The molecule has 0 aliphatic heterocycles. The molecule has 0 saturated heterocycles. The number of carbonyl (C=O) groups is 1. The van der Waals surface area contributed by atoms with E-state index in [4.69, 9.17) is 11.6 Å². The van der Waals surface area contributed by atoms with Gasteiger partial charge in [0.25, 0.3) is 5.91 Å². The third-order valence-electron chi connectivity index (χ3n) is 3.16. The summed E-state index contributed by atoms with van der Waals surface area (Å²) in [6, 6.07) is 0.376. The number of aromatic amines is 1. The van der Waals surface area contributed by atoms with Gasteiger partial charge in [0.05, 0.1) is 11.8 Å². The Hall–Kier alpha value is -1.03. The first-order valence-corrected chi connectivity index (χ1v) is 6.14. The molecular weight excluding hydrogens is 226 g/mol. The van der Waals surface area contributed by atoms with Crippen molar-refractivity contribution < 1.29 is 4.79 Å². The van der Waals surface area contributed by atoms with Crippen LogP contribution in [0.25, 0.3) is 0 Å². The molecule has 1 aromatic heterocycles. The number of hydrogen-bond donors (Lipinski definition) is 1. The fourth-order valence-electron chi connectivity index (χ4n) is 1.96. The minimum atomic E-state index is 0.0524. The van der Waals surface area contributed by atoms with Crippen LogP contribution < -0.4 is 0 Å². The summed E-state index contributed by atoms with van der Waals surface area (Å²) in [5.41, 5.74) is 1.49. The van der Waals surface area contributed by atoms with Crippen LogP contribution in [0.1, 0.15) is 35.3 Å². The van der Waals surface area contributed by atoms with Gasteiger partial charge in [-0.15, -0.1) is 11.6 Å². The summed E-state index contributed by atoms with van der Waals surface area (Å²) in [6.07, 6.45) is 5.00. The van der Waals surface area contributed by atoms with Gasteiger partial charge >= 0.3 is 0 Å². The zero-order valence-electron chi connectivity index (χ0n) is 9.37. The molecule has 1 aromatic rings. The van der Waals surface area contributed by atoms with Gasteiger partial charge < -0.3 is 4.90 Å². The molecular formula is C11H16ClN3O. The van der Waals surface area contributed by atoms with Crippen LogP contribution in [0.4, 0.5) is 0 Å². The first kappa shape index (κ1) is 11.5. The summed E-state index contributed by atoms with van der Waals surface area (Å²) in [5, 5.41) is 6.67. The second-order valence-electron chi connectivity index (χ2n) is 4.18. The van der Waals surface area contributed by atoms with E-state index in [0.717, 1.165) is 18.5 Å². The molecule has 0 unspecified atom stereocenters. The van der Waals surface area contributed by atoms with Crippen LogP contribution in [-0.2, 0) is 0 Å². The predicted octanol–water partition coefficient (Wildman–Crippen LogP) is 1.95. The topological polar surface area (TPSA) is 49.0 Å². The summed E-state index contributed by atoms with van der Waals surface area (Å²) in [5.74, 6) is 0.538. The molecule has 0 aromatic carbocycles. The van der Waals surface area contributed by atoms with Crippen molar-refractivity contribution in [2.45, 2.75) is 32.2 Å². The van der Waals surface area contributed by atoms with Crippen molar-refractivity contribution in [3.05, 3.63) is 17.5 Å². The number of halogens is 1. The lowest BCUT2D eigenvalue weighted by molar-refractivity contribution is 0.0597. The van der Waals surface area contributed by atoms with E-state index < -0.39 is 0 Å². The smallest absolute Gasteiger partial charge is 0.257 e. The summed E-state index contributed by atoms with van der Waals surface area (Å²) < 4.78 is 0. The quantitative estimate of drug-likeness (QED) is 0.820. The summed E-state index contributed by atoms with van der Waals surface area (Å²) in [7, 11) is 0. The van der Waals surface area contributed by atoms with Gasteiger partial charge in [0.2, 0.25) is 0 Å². The number of carbonyl (C=O) groups excluding carboxylic acids is 1. The number of amides is 1. The number of hydrogen-bond acceptors (Lipinski definition) is 2. The molecule has 0 radical (unpaired) electrons. The number of alkyl halides is 1. The fourth-order valence-corrected chi connectivity index (χ4v) is 2.14. The number of aromatic nitrogens is 2. The monoisotopic (exact) mass is 241 g/mol. The Morgan fingerprint density at radius 1 is 1.69 bits per heavy atom. The highest BCUT2D eigenvalue weighted by molar-refractivity contribution is 6.18. The molecule has 5 heteroatoms. The van der Waals surface area contributed by atoms with Gasteiger partial charge in [-0.1, -0.05) is 0 Å². The molecule has 4 nitrogen and oxygen atoms in total. The van der Waals surface area contributed by atoms with Crippen LogP contribution in [0, 0.1) is 6.92 Å². The van der Waals surface area contributed by atoms with Crippen molar-refractivity contribution in [3.8, 4) is 0 Å². The molecule has 0 bridgehead atoms. The van der Waals surface area contributed by atoms with Crippen LogP contribution in [0.15, 0.2) is 6.20 Å². The van der Waals surface area contributed by atoms with Gasteiger partial charge in [0, 0.05) is 24.2 Å². The van der Waals surface area contributed by atoms with Gasteiger partial charge in [0.15, 0.2) is 0 Å². The van der Waals surface area contributed by atoms with E-state index in [2.05, 4.69) is 10.2 Å². The minimum Gasteiger partial charge on any atom is -0.334 e. The largest absolute Gasteiger partial charge is 0.334 e. The van der Waals surface area contributed by atoms with Crippen LogP contribution in [0.2, 0.25) is 0 Å². The van der Waals surface area contributed by atoms with E-state index in [9.17, 15) is 4.79 Å². The lowest BCUT2D eigenvalue weighted by Gasteiger charge is -2.37. The van der Waals surface area contributed by atoms with Gasteiger partial charge in [-0.2, -0.15) is 5.10 Å². The van der Waals surface area contributed by atoms with Crippen molar-refractivity contribution >= 4 is 17.5 Å². The number of nitrogens with zero attached hydrogens (tertiary/aromatic N) is 2. The molecule has 1 heterocycles. The van der Waals surface area contributed by atoms with Crippen LogP contribution in [0.5, 0.6) is 0 Å². The van der Waals surface area contributed by atoms with Crippen molar-refractivity contribution in [2.24, 2.45) is 0 Å². The van der Waals surface area contributed by atoms with Gasteiger partial charge in [0.1, 0.15) is 0 Å². The zero-order valence-corrected chi connectivity index (χ0v) is 10.1. The highest BCUT2D eigenvalue weighted by Crippen LogP contribution is 2.26. The van der Waals surface area contributed by atoms with E-state index in [-0.39, 0.29) is 5.91 Å². The average Bonchev–Trinajstić information content (AvgIpc) is 2.60. The lowest BCUT2D eigenvalue weighted by atomic mass is 9.91. The molecule has 0 spiro atoms. The maximum absolute atomic E-state index is 12.3. The molecule has 1 saturated carbocycles. The summed E-state index contributed by atoms with van der Waals surface area (Å²) >= 11 is 5.75. The van der Waals surface area contributed by atoms with E-state index >= 15 is 0 Å². The van der Waals surface area contributed by atoms with E-state index in [1.165, 1.54) is 6.42 Å². The first-order chi connectivity index (χ1) is 7.74. The average molecular weight is 242 g/mol. The highest BCUT2D eigenvalue weighted by Gasteiger charge is 2.29. The van der Waals surface area contributed by atoms with Crippen molar-refractivity contribution in [1.82, 2.24) is 15.1 Å². The second-order valence-corrected chi connectivity index (χ2v) is 4.56. The summed E-state index contributed by atoms with van der Waals surface area (Å²) in [4.78, 5) is 14.1. The predicted molar refractivity (Wildman–Crippen MR) is 62.7 cm³/mol. The first-order valence-electron chi connectivity index (χ1n) is 5.61. The normalized spacial score (nSPS) is 15.9. The molecule has 88 valence electrons. The number of nitrogens with one attached hydrogen (secondary N) is 1. The van der Waals surface area contributed by atoms with Crippen molar-refractivity contribution in [1.29, 1.82) is 0 Å². The molecule has 0 atom stereocenters. The number of H-pyrrole nitrogens is 1. The SMILES string of the molecule is Cc1[nH]ncc1C(=O)N(CCCl)C1CCC1. The van der Waals surface area contributed by atoms with E-state index in [0.29, 0.717) is 24.0 Å². The Bertz CT molecular complexity index is 373. The van der Waals surface area contributed by atoms with Gasteiger partial charge in [-0.25, -0.2) is 0 Å². The molecule has 1 aliphatic carbocycles. The van der Waals surface area contributed by atoms with Gasteiger partial charge in [-0.05, 0) is 26.2 Å². The Morgan fingerprint density at radius 2 is 2.44 bits per heavy atom. The third-order valence-corrected chi connectivity index (χ3v) is 3.33. The Morgan fingerprint density at radius 3 is 2.88 bits per heavy atom. The maximum Gasteiger partial charge on any atom is 0.257 e. The van der Waals surface area contributed by atoms with E-state index in [1.807, 2.05) is 11.8 Å². The Balaban J connectivity index is 2.13. The maximum atomic E-state index is 12.3. The highest BCUT2D eigenvalue weighted by atomic mass is 35.5. The molecule has 16 heavy (non-hydrogen) atoms. The van der Waals surface area contributed by atoms with Gasteiger partial charge in [-0.3, -0.25) is 9.89 Å². The number of aryl methyl sites for hydroxylation is 1. The molecule has 1 aliphatic rings. The standard InChI is InChI=1S/C11H16ClN3O/c1-8-10(7-13-14-8)11(16)15(6-5-12)9-3-2-4-9/h7,9H,2-6H2,1H3,(H,13,14). The second kappa shape index (κ2) is 4.87. The summed E-state index contributed by atoms with van der Waals surface area (Å²) in [6.45, 7) is 2.48. The molecule has 2 rings (SSSR count). The zero-order chi connectivity index (χ0) is 11.5. The fraction of sp³-hybridized carbons (Fsp3) is 0.636. The Kier molecular flexibility index (Phi) is 3.49. The molecule has 1 N–H and O–H groups in total. The van der Waals surface area contributed by atoms with Crippen LogP contribution in [0.3, 0.4) is 0 Å². The van der Waals surface area contributed by atoms with Crippen molar-refractivity contribution in [3.63, 3.8) is 0 Å². The lowest BCUT2D eigenvalue weighted by Crippen LogP contribution is -2.45. The minimum absolute atomic E-state index is 0.0524.